The molecule has 0 saturated carbocycles. The summed E-state index contributed by atoms with van der Waals surface area (Å²) >= 11 is 0. The van der Waals surface area contributed by atoms with Gasteiger partial charge in [-0.3, -0.25) is 0 Å². The average molecular weight is 150 g/mol. The van der Waals surface area contributed by atoms with Crippen molar-refractivity contribution in [3.05, 3.63) is 23.4 Å². The van der Waals surface area contributed by atoms with E-state index < -0.39 is 6.23 Å². The van der Waals surface area contributed by atoms with Gasteiger partial charge in [0, 0.05) is 12.1 Å². The quantitative estimate of drug-likeness (QED) is 0.571. The molecule has 0 amide bonds. The van der Waals surface area contributed by atoms with E-state index in [0.717, 1.165) is 17.1 Å². The molecule has 0 aromatic carbocycles. The molecule has 3 heteroatoms. The Morgan fingerprint density at radius 3 is 3.27 bits per heavy atom. The fourth-order valence-corrected chi connectivity index (χ4v) is 1.29. The Morgan fingerprint density at radius 2 is 2.45 bits per heavy atom. The van der Waals surface area contributed by atoms with Crippen LogP contribution in [-0.4, -0.2) is 16.3 Å². The van der Waals surface area contributed by atoms with E-state index in [0.29, 0.717) is 6.42 Å². The van der Waals surface area contributed by atoms with E-state index >= 15 is 0 Å². The summed E-state index contributed by atoms with van der Waals surface area (Å²) in [6.07, 6.45) is 0.224. The van der Waals surface area contributed by atoms with Crippen LogP contribution in [0.4, 0.5) is 5.82 Å². The summed E-state index contributed by atoms with van der Waals surface area (Å²) in [4.78, 5) is 4.23. The fourth-order valence-electron chi connectivity index (χ4n) is 1.29. The molecule has 11 heavy (non-hydrogen) atoms. The van der Waals surface area contributed by atoms with E-state index in [1.807, 2.05) is 19.1 Å². The van der Waals surface area contributed by atoms with Gasteiger partial charge >= 0.3 is 0 Å². The van der Waals surface area contributed by atoms with Gasteiger partial charge in [0.15, 0.2) is 0 Å². The molecule has 0 saturated heterocycles. The molecular weight excluding hydrogens is 140 g/mol. The predicted molar refractivity (Wildman–Crippen MR) is 42.3 cm³/mol. The smallest absolute Gasteiger partial charge is 0.131 e. The Labute approximate surface area is 65.1 Å². The Bertz CT molecular complexity index is 285. The molecule has 0 spiro atoms. The van der Waals surface area contributed by atoms with Crippen molar-refractivity contribution in [3.63, 3.8) is 0 Å². The predicted octanol–water partition coefficient (Wildman–Crippen LogP) is 0.676. The van der Waals surface area contributed by atoms with E-state index in [9.17, 15) is 5.11 Å². The summed E-state index contributed by atoms with van der Waals surface area (Å²) in [6.45, 7) is 1.94. The first-order chi connectivity index (χ1) is 5.25. The second-order valence-corrected chi connectivity index (χ2v) is 2.82. The summed E-state index contributed by atoms with van der Waals surface area (Å²) in [5, 5.41) is 12.1. The van der Waals surface area contributed by atoms with Crippen LogP contribution in [0.3, 0.4) is 0 Å². The normalized spacial score (nSPS) is 21.1. The first-order valence-electron chi connectivity index (χ1n) is 3.67. The lowest BCUT2D eigenvalue weighted by Gasteiger charge is -2.00. The number of nitrogens with zero attached hydrogens (tertiary/aromatic N) is 1. The number of hydrogen-bond donors (Lipinski definition) is 2. The van der Waals surface area contributed by atoms with Crippen LogP contribution in [-0.2, 0) is 6.42 Å². The molecule has 1 aromatic rings. The molecule has 2 N–H and O–H groups in total. The van der Waals surface area contributed by atoms with Crippen LogP contribution < -0.4 is 5.32 Å². The van der Waals surface area contributed by atoms with Gasteiger partial charge in [-0.1, -0.05) is 6.07 Å². The molecule has 1 atom stereocenters. The topological polar surface area (TPSA) is 45.2 Å². The van der Waals surface area contributed by atoms with E-state index in [4.69, 9.17) is 0 Å². The van der Waals surface area contributed by atoms with Gasteiger partial charge in [0.2, 0.25) is 0 Å². The van der Waals surface area contributed by atoms with E-state index in [1.165, 1.54) is 0 Å². The third kappa shape index (κ3) is 1.07. The van der Waals surface area contributed by atoms with Gasteiger partial charge < -0.3 is 10.4 Å². The van der Waals surface area contributed by atoms with Crippen LogP contribution >= 0.6 is 0 Å². The van der Waals surface area contributed by atoms with Gasteiger partial charge in [-0.15, -0.1) is 0 Å². The fraction of sp³-hybridized carbons (Fsp3) is 0.375. The number of aromatic nitrogens is 1. The molecule has 3 nitrogen and oxygen atoms in total. The van der Waals surface area contributed by atoms with Gasteiger partial charge in [0.1, 0.15) is 12.0 Å². The van der Waals surface area contributed by atoms with Crippen LogP contribution in [0.5, 0.6) is 0 Å². The van der Waals surface area contributed by atoms with Crippen LogP contribution in [0.15, 0.2) is 12.1 Å². The molecule has 0 fully saturated rings. The van der Waals surface area contributed by atoms with Crippen LogP contribution in [0.25, 0.3) is 0 Å². The Hall–Kier alpha value is -1.09. The van der Waals surface area contributed by atoms with Gasteiger partial charge in [-0.2, -0.15) is 0 Å². The third-order valence-corrected chi connectivity index (χ3v) is 1.83. The van der Waals surface area contributed by atoms with Crippen molar-refractivity contribution in [1.82, 2.24) is 4.98 Å². The highest BCUT2D eigenvalue weighted by atomic mass is 16.3. The summed E-state index contributed by atoms with van der Waals surface area (Å²) in [6, 6.07) is 3.96. The average Bonchev–Trinajstić information content (AvgIpc) is 2.27. The van der Waals surface area contributed by atoms with Crippen molar-refractivity contribution in [2.24, 2.45) is 0 Å². The Morgan fingerprint density at radius 1 is 1.64 bits per heavy atom. The zero-order valence-corrected chi connectivity index (χ0v) is 6.33. The van der Waals surface area contributed by atoms with Crippen LogP contribution in [0.1, 0.15) is 11.3 Å². The van der Waals surface area contributed by atoms with Crippen molar-refractivity contribution in [2.45, 2.75) is 19.6 Å². The highest BCUT2D eigenvalue weighted by Crippen LogP contribution is 2.22. The van der Waals surface area contributed by atoms with Crippen molar-refractivity contribution in [3.8, 4) is 0 Å². The lowest BCUT2D eigenvalue weighted by atomic mass is 10.2. The number of aryl methyl sites for hydroxylation is 1. The number of nitrogens with one attached hydrogen (secondary N) is 1. The molecule has 1 aliphatic rings. The molecule has 1 aromatic heterocycles. The van der Waals surface area contributed by atoms with E-state index in [2.05, 4.69) is 10.3 Å². The summed E-state index contributed by atoms with van der Waals surface area (Å²) in [5.41, 5.74) is 2.08. The first-order valence-corrected chi connectivity index (χ1v) is 3.67. The lowest BCUT2D eigenvalue weighted by Crippen LogP contribution is -2.13. The minimum atomic E-state index is -0.445. The standard InChI is InChI=1S/C8H10N2O/c1-5-2-3-6-4-7(11)10-8(6)9-5/h2-3,7,11H,4H2,1H3,(H,9,10). The summed E-state index contributed by atoms with van der Waals surface area (Å²) < 4.78 is 0. The number of hydrogen-bond acceptors (Lipinski definition) is 3. The van der Waals surface area contributed by atoms with Crippen LogP contribution in [0, 0.1) is 6.92 Å². The number of aliphatic hydroxyl groups is 1. The van der Waals surface area contributed by atoms with Crippen molar-refractivity contribution in [1.29, 1.82) is 0 Å². The number of pyridine rings is 1. The maximum absolute atomic E-state index is 9.19. The molecule has 0 aliphatic carbocycles. The number of anilines is 1. The highest BCUT2D eigenvalue weighted by Gasteiger charge is 2.18. The lowest BCUT2D eigenvalue weighted by molar-refractivity contribution is 0.212. The molecule has 1 aliphatic heterocycles. The van der Waals surface area contributed by atoms with Gasteiger partial charge in [0.05, 0.1) is 0 Å². The second kappa shape index (κ2) is 2.20. The molecule has 0 bridgehead atoms. The maximum Gasteiger partial charge on any atom is 0.131 e. The molecule has 58 valence electrons. The van der Waals surface area contributed by atoms with E-state index in [1.54, 1.807) is 0 Å². The first kappa shape index (κ1) is 6.61. The van der Waals surface area contributed by atoms with Crippen LogP contribution in [0.2, 0.25) is 0 Å². The van der Waals surface area contributed by atoms with Gasteiger partial charge in [-0.05, 0) is 18.6 Å². The molecule has 0 radical (unpaired) electrons. The summed E-state index contributed by atoms with van der Waals surface area (Å²) in [5.74, 6) is 0.831. The zero-order chi connectivity index (χ0) is 7.84. The van der Waals surface area contributed by atoms with Crippen molar-refractivity contribution in [2.75, 3.05) is 5.32 Å². The molecule has 2 heterocycles. The minimum Gasteiger partial charge on any atom is -0.373 e. The number of rotatable bonds is 0. The van der Waals surface area contributed by atoms with E-state index in [-0.39, 0.29) is 0 Å². The minimum absolute atomic E-state index is 0.445. The van der Waals surface area contributed by atoms with Gasteiger partial charge in [0.25, 0.3) is 0 Å². The monoisotopic (exact) mass is 150 g/mol. The molecule has 2 rings (SSSR count). The number of aliphatic hydroxyl groups excluding tert-OH is 1. The second-order valence-electron chi connectivity index (χ2n) is 2.82. The highest BCUT2D eigenvalue weighted by molar-refractivity contribution is 5.50. The van der Waals surface area contributed by atoms with Gasteiger partial charge in [-0.25, -0.2) is 4.98 Å². The van der Waals surface area contributed by atoms with Crippen molar-refractivity contribution < 1.29 is 5.11 Å². The SMILES string of the molecule is Cc1ccc2c(n1)NC(O)C2. The molecule has 1 unspecified atom stereocenters. The molecular formula is C8H10N2O. The van der Waals surface area contributed by atoms with Crippen molar-refractivity contribution >= 4 is 5.82 Å². The third-order valence-electron chi connectivity index (χ3n) is 1.83. The Balaban J connectivity index is 2.43. The zero-order valence-electron chi connectivity index (χ0n) is 6.33. The Kier molecular flexibility index (Phi) is 1.32. The number of fused-ring (bicyclic) bond motifs is 1. The largest absolute Gasteiger partial charge is 0.373 e. The maximum atomic E-state index is 9.19. The summed E-state index contributed by atoms with van der Waals surface area (Å²) in [7, 11) is 0.